The minimum atomic E-state index is -0.240. The molecule has 2 N–H and O–H groups in total. The van der Waals surface area contributed by atoms with Crippen molar-refractivity contribution in [2.24, 2.45) is 11.8 Å². The Labute approximate surface area is 118 Å². The van der Waals surface area contributed by atoms with E-state index in [2.05, 4.69) is 29.4 Å². The number of amides is 2. The number of likely N-dealkylation sites (tertiary alicyclic amines) is 1. The van der Waals surface area contributed by atoms with E-state index in [4.69, 9.17) is 0 Å². The van der Waals surface area contributed by atoms with Crippen LogP contribution in [0.1, 0.15) is 32.4 Å². The molecule has 1 aromatic heterocycles. The first kappa shape index (κ1) is 14.6. The summed E-state index contributed by atoms with van der Waals surface area (Å²) in [4.78, 5) is 24.8. The Morgan fingerprint density at radius 2 is 2.15 bits per heavy atom. The maximum atomic E-state index is 12.0. The fourth-order valence-electron chi connectivity index (χ4n) is 2.52. The van der Waals surface area contributed by atoms with Gasteiger partial charge >= 0.3 is 6.03 Å². The lowest BCUT2D eigenvalue weighted by Crippen LogP contribution is -2.44. The fraction of sp³-hybridized carbons (Fsp3) is 0.643. The van der Waals surface area contributed by atoms with Gasteiger partial charge in [-0.3, -0.25) is 4.79 Å². The van der Waals surface area contributed by atoms with E-state index < -0.39 is 0 Å². The number of rotatable bonds is 3. The monoisotopic (exact) mass is 278 g/mol. The summed E-state index contributed by atoms with van der Waals surface area (Å²) in [6, 6.07) is 2.97. The second kappa shape index (κ2) is 6.54. The van der Waals surface area contributed by atoms with Gasteiger partial charge in [0.25, 0.3) is 5.56 Å². The molecule has 1 aliphatic heterocycles. The molecule has 1 aromatic rings. The Morgan fingerprint density at radius 1 is 1.45 bits per heavy atom. The maximum Gasteiger partial charge on any atom is 0.317 e. The molecule has 1 aliphatic rings. The summed E-state index contributed by atoms with van der Waals surface area (Å²) in [6.45, 7) is 6.44. The average molecular weight is 278 g/mol. The Hall–Kier alpha value is -1.85. The first-order chi connectivity index (χ1) is 9.56. The molecule has 0 unspecified atom stereocenters. The van der Waals surface area contributed by atoms with E-state index in [0.717, 1.165) is 31.8 Å². The summed E-state index contributed by atoms with van der Waals surface area (Å²) in [5.41, 5.74) is 0.408. The minimum absolute atomic E-state index is 0.0554. The van der Waals surface area contributed by atoms with Crippen molar-refractivity contribution in [2.45, 2.75) is 33.2 Å². The van der Waals surface area contributed by atoms with Crippen LogP contribution in [-0.2, 0) is 6.54 Å². The molecule has 0 aromatic carbocycles. The van der Waals surface area contributed by atoms with Crippen molar-refractivity contribution in [2.75, 3.05) is 13.1 Å². The summed E-state index contributed by atoms with van der Waals surface area (Å²) in [6.07, 6.45) is 2.14. The van der Waals surface area contributed by atoms with E-state index in [-0.39, 0.29) is 11.6 Å². The molecular weight excluding hydrogens is 256 g/mol. The smallest absolute Gasteiger partial charge is 0.317 e. The third-order valence-electron chi connectivity index (χ3n) is 3.93. The normalized spacial score (nSPS) is 16.4. The van der Waals surface area contributed by atoms with Gasteiger partial charge < -0.3 is 10.2 Å². The number of hydrogen-bond acceptors (Lipinski definition) is 3. The summed E-state index contributed by atoms with van der Waals surface area (Å²) < 4.78 is 0. The zero-order chi connectivity index (χ0) is 14.5. The Bertz CT molecular complexity index is 484. The molecule has 0 atom stereocenters. The number of nitrogens with one attached hydrogen (secondary N) is 2. The van der Waals surface area contributed by atoms with Crippen LogP contribution in [0.15, 0.2) is 16.9 Å². The number of H-pyrrole nitrogens is 1. The summed E-state index contributed by atoms with van der Waals surface area (Å²) >= 11 is 0. The van der Waals surface area contributed by atoms with Crippen molar-refractivity contribution in [3.8, 4) is 0 Å². The van der Waals surface area contributed by atoms with Crippen LogP contribution < -0.4 is 10.9 Å². The highest BCUT2D eigenvalue weighted by Gasteiger charge is 2.24. The Morgan fingerprint density at radius 3 is 2.70 bits per heavy atom. The van der Waals surface area contributed by atoms with Crippen LogP contribution in [0.2, 0.25) is 0 Å². The van der Waals surface area contributed by atoms with Crippen molar-refractivity contribution in [3.05, 3.63) is 28.2 Å². The number of piperidine rings is 1. The second-order valence-corrected chi connectivity index (χ2v) is 5.64. The van der Waals surface area contributed by atoms with Gasteiger partial charge in [-0.15, -0.1) is 0 Å². The summed E-state index contributed by atoms with van der Waals surface area (Å²) in [5.74, 6) is 1.41. The zero-order valence-corrected chi connectivity index (χ0v) is 12.1. The first-order valence-corrected chi connectivity index (χ1v) is 7.13. The molecule has 2 amide bonds. The van der Waals surface area contributed by atoms with Gasteiger partial charge in [-0.25, -0.2) is 9.89 Å². The van der Waals surface area contributed by atoms with E-state index in [1.807, 2.05) is 4.90 Å². The molecule has 0 bridgehead atoms. The molecular formula is C14H22N4O2. The second-order valence-electron chi connectivity index (χ2n) is 5.64. The Balaban J connectivity index is 1.78. The molecule has 0 radical (unpaired) electrons. The average Bonchev–Trinajstić information content (AvgIpc) is 2.46. The van der Waals surface area contributed by atoms with Crippen LogP contribution in [0.4, 0.5) is 4.79 Å². The number of urea groups is 1. The standard InChI is InChI=1S/C14H22N4O2/c1-10(2)11-5-7-18(8-6-11)14(20)15-9-12-3-4-13(19)17-16-12/h3-4,10-11H,5-9H2,1-2H3,(H,15,20)(H,17,19). The third-order valence-corrected chi connectivity index (χ3v) is 3.93. The number of aromatic amines is 1. The van der Waals surface area contributed by atoms with Crippen molar-refractivity contribution >= 4 is 6.03 Å². The predicted octanol–water partition coefficient (Wildman–Crippen LogP) is 1.35. The summed E-state index contributed by atoms with van der Waals surface area (Å²) in [7, 11) is 0. The number of hydrogen-bond donors (Lipinski definition) is 2. The molecule has 6 heteroatoms. The highest BCUT2D eigenvalue weighted by molar-refractivity contribution is 5.74. The topological polar surface area (TPSA) is 78.1 Å². The van der Waals surface area contributed by atoms with Gasteiger partial charge in [0.05, 0.1) is 12.2 Å². The molecule has 1 saturated heterocycles. The van der Waals surface area contributed by atoms with Crippen LogP contribution in [0.25, 0.3) is 0 Å². The number of aromatic nitrogens is 2. The van der Waals surface area contributed by atoms with E-state index >= 15 is 0 Å². The van der Waals surface area contributed by atoms with E-state index in [0.29, 0.717) is 18.2 Å². The first-order valence-electron chi connectivity index (χ1n) is 7.13. The van der Waals surface area contributed by atoms with E-state index in [1.165, 1.54) is 6.07 Å². The van der Waals surface area contributed by atoms with Gasteiger partial charge in [-0.05, 0) is 30.7 Å². The molecule has 1 fully saturated rings. The van der Waals surface area contributed by atoms with Gasteiger partial charge in [-0.1, -0.05) is 13.8 Å². The summed E-state index contributed by atoms with van der Waals surface area (Å²) in [5, 5.41) is 9.05. The van der Waals surface area contributed by atoms with Gasteiger partial charge in [0, 0.05) is 19.2 Å². The number of carbonyl (C=O) groups excluding carboxylic acids is 1. The fourth-order valence-corrected chi connectivity index (χ4v) is 2.52. The van der Waals surface area contributed by atoms with Crippen molar-refractivity contribution in [1.29, 1.82) is 0 Å². The van der Waals surface area contributed by atoms with Gasteiger partial charge in [0.1, 0.15) is 0 Å². The molecule has 0 saturated carbocycles. The van der Waals surface area contributed by atoms with Crippen molar-refractivity contribution in [1.82, 2.24) is 20.4 Å². The molecule has 2 heterocycles. The molecule has 20 heavy (non-hydrogen) atoms. The lowest BCUT2D eigenvalue weighted by atomic mass is 9.87. The predicted molar refractivity (Wildman–Crippen MR) is 76.2 cm³/mol. The zero-order valence-electron chi connectivity index (χ0n) is 12.1. The number of nitrogens with zero attached hydrogens (tertiary/aromatic N) is 2. The van der Waals surface area contributed by atoms with Gasteiger partial charge in [0.15, 0.2) is 0 Å². The van der Waals surface area contributed by atoms with Crippen molar-refractivity contribution in [3.63, 3.8) is 0 Å². The Kier molecular flexibility index (Phi) is 4.76. The third kappa shape index (κ3) is 3.82. The van der Waals surface area contributed by atoms with Crippen LogP contribution in [0.3, 0.4) is 0 Å². The van der Waals surface area contributed by atoms with Crippen LogP contribution in [0.5, 0.6) is 0 Å². The minimum Gasteiger partial charge on any atom is -0.332 e. The van der Waals surface area contributed by atoms with Crippen LogP contribution in [-0.4, -0.2) is 34.2 Å². The molecule has 0 spiro atoms. The van der Waals surface area contributed by atoms with Crippen molar-refractivity contribution < 1.29 is 4.79 Å². The quantitative estimate of drug-likeness (QED) is 0.876. The van der Waals surface area contributed by atoms with Gasteiger partial charge in [0.2, 0.25) is 0 Å². The SMILES string of the molecule is CC(C)C1CCN(C(=O)NCc2ccc(=O)[nH]n2)CC1. The number of carbonyl (C=O) groups is 1. The highest BCUT2D eigenvalue weighted by atomic mass is 16.2. The molecule has 110 valence electrons. The van der Waals surface area contributed by atoms with Gasteiger partial charge in [-0.2, -0.15) is 5.10 Å². The molecule has 0 aliphatic carbocycles. The molecule has 2 rings (SSSR count). The van der Waals surface area contributed by atoms with E-state index in [1.54, 1.807) is 6.07 Å². The molecule has 6 nitrogen and oxygen atoms in total. The van der Waals surface area contributed by atoms with E-state index in [9.17, 15) is 9.59 Å². The largest absolute Gasteiger partial charge is 0.332 e. The van der Waals surface area contributed by atoms with Crippen LogP contribution in [0, 0.1) is 11.8 Å². The maximum absolute atomic E-state index is 12.0. The lowest BCUT2D eigenvalue weighted by Gasteiger charge is -2.33. The van der Waals surface area contributed by atoms with Crippen LogP contribution >= 0.6 is 0 Å². The highest BCUT2D eigenvalue weighted by Crippen LogP contribution is 2.24. The lowest BCUT2D eigenvalue weighted by molar-refractivity contribution is 0.156.